The van der Waals surface area contributed by atoms with Gasteiger partial charge in [0.05, 0.1) is 11.7 Å². The van der Waals surface area contributed by atoms with E-state index in [1.54, 1.807) is 12.3 Å². The Bertz CT molecular complexity index is 501. The number of hydrogen-bond donors (Lipinski definition) is 2. The van der Waals surface area contributed by atoms with E-state index >= 15 is 0 Å². The summed E-state index contributed by atoms with van der Waals surface area (Å²) in [7, 11) is 0. The normalized spacial score (nSPS) is 12.4. The van der Waals surface area contributed by atoms with E-state index in [-0.39, 0.29) is 6.04 Å². The van der Waals surface area contributed by atoms with Crippen molar-refractivity contribution >= 4 is 11.5 Å². The highest BCUT2D eigenvalue weighted by Crippen LogP contribution is 2.25. The molecular weight excluding hydrogens is 216 g/mol. The molecule has 2 aromatic rings. The fourth-order valence-electron chi connectivity index (χ4n) is 1.97. The molecule has 0 aliphatic heterocycles. The molecule has 1 atom stereocenters. The van der Waals surface area contributed by atoms with Gasteiger partial charge in [0.15, 0.2) is 0 Å². The van der Waals surface area contributed by atoms with Gasteiger partial charge in [0.1, 0.15) is 11.6 Å². The van der Waals surface area contributed by atoms with Crippen molar-refractivity contribution in [3.05, 3.63) is 35.3 Å². The van der Waals surface area contributed by atoms with Crippen LogP contribution in [-0.2, 0) is 0 Å². The Morgan fingerprint density at radius 2 is 2.18 bits per heavy atom. The van der Waals surface area contributed by atoms with Crippen molar-refractivity contribution in [3.63, 3.8) is 0 Å². The highest BCUT2D eigenvalue weighted by Gasteiger charge is 2.16. The third-order valence-corrected chi connectivity index (χ3v) is 2.69. The van der Waals surface area contributed by atoms with Gasteiger partial charge < -0.3 is 15.6 Å². The third-order valence-electron chi connectivity index (χ3n) is 2.69. The number of rotatable bonds is 3. The van der Waals surface area contributed by atoms with Crippen molar-refractivity contribution in [2.24, 2.45) is 0 Å². The summed E-state index contributed by atoms with van der Waals surface area (Å²) in [5, 5.41) is 7.29. The van der Waals surface area contributed by atoms with Crippen molar-refractivity contribution in [2.75, 3.05) is 11.1 Å². The van der Waals surface area contributed by atoms with E-state index in [1.807, 2.05) is 19.9 Å². The van der Waals surface area contributed by atoms with Crippen LogP contribution in [0.3, 0.4) is 0 Å². The molecule has 5 heteroatoms. The molecule has 0 aliphatic rings. The first-order valence-corrected chi connectivity index (χ1v) is 5.48. The topological polar surface area (TPSA) is 77.0 Å². The summed E-state index contributed by atoms with van der Waals surface area (Å²) >= 11 is 0. The Morgan fingerprint density at radius 3 is 2.76 bits per heavy atom. The number of hydrogen-bond acceptors (Lipinski definition) is 5. The fourth-order valence-corrected chi connectivity index (χ4v) is 1.97. The molecule has 17 heavy (non-hydrogen) atoms. The zero-order valence-electron chi connectivity index (χ0n) is 10.2. The van der Waals surface area contributed by atoms with E-state index in [1.165, 1.54) is 0 Å². The fraction of sp³-hybridized carbons (Fsp3) is 0.333. The zero-order chi connectivity index (χ0) is 12.4. The molecule has 0 bridgehead atoms. The number of pyridine rings is 1. The summed E-state index contributed by atoms with van der Waals surface area (Å²) in [5.74, 6) is 1.34. The van der Waals surface area contributed by atoms with Gasteiger partial charge in [-0.05, 0) is 26.8 Å². The lowest BCUT2D eigenvalue weighted by molar-refractivity contribution is 0.392. The molecule has 0 saturated carbocycles. The minimum absolute atomic E-state index is 0.114. The van der Waals surface area contributed by atoms with E-state index < -0.39 is 0 Å². The monoisotopic (exact) mass is 232 g/mol. The Kier molecular flexibility index (Phi) is 2.99. The molecule has 2 rings (SSSR count). The van der Waals surface area contributed by atoms with Crippen LogP contribution < -0.4 is 11.1 Å². The van der Waals surface area contributed by atoms with Crippen LogP contribution in [-0.4, -0.2) is 10.1 Å². The van der Waals surface area contributed by atoms with Crippen LogP contribution in [0.2, 0.25) is 0 Å². The van der Waals surface area contributed by atoms with Gasteiger partial charge in [0.25, 0.3) is 0 Å². The molecule has 0 amide bonds. The Balaban J connectivity index is 2.20. The molecule has 0 saturated heterocycles. The molecule has 0 aromatic carbocycles. The first-order valence-electron chi connectivity index (χ1n) is 5.48. The van der Waals surface area contributed by atoms with E-state index in [2.05, 4.69) is 22.4 Å². The molecule has 2 aromatic heterocycles. The maximum absolute atomic E-state index is 5.63. The summed E-state index contributed by atoms with van der Waals surface area (Å²) < 4.78 is 5.15. The molecule has 5 nitrogen and oxygen atoms in total. The molecule has 1 unspecified atom stereocenters. The van der Waals surface area contributed by atoms with Crippen molar-refractivity contribution in [1.29, 1.82) is 0 Å². The number of aryl methyl sites for hydroxylation is 2. The van der Waals surface area contributed by atoms with Gasteiger partial charge in [0.2, 0.25) is 0 Å². The summed E-state index contributed by atoms with van der Waals surface area (Å²) in [6.07, 6.45) is 1.68. The second-order valence-corrected chi connectivity index (χ2v) is 4.07. The minimum Gasteiger partial charge on any atom is -0.384 e. The van der Waals surface area contributed by atoms with Crippen LogP contribution in [0.25, 0.3) is 0 Å². The molecule has 2 heterocycles. The lowest BCUT2D eigenvalue weighted by Crippen LogP contribution is -2.08. The standard InChI is InChI=1S/C12H16N4O/c1-7(12-8(2)16-17-9(12)3)15-10-4-5-14-11(13)6-10/h4-7H,1-3H3,(H3,13,14,15). The quantitative estimate of drug-likeness (QED) is 0.849. The summed E-state index contributed by atoms with van der Waals surface area (Å²) in [6, 6.07) is 3.79. The van der Waals surface area contributed by atoms with Gasteiger partial charge in [-0.1, -0.05) is 5.16 Å². The summed E-state index contributed by atoms with van der Waals surface area (Å²) in [4.78, 5) is 3.95. The Hall–Kier alpha value is -2.04. The predicted molar refractivity (Wildman–Crippen MR) is 66.7 cm³/mol. The smallest absolute Gasteiger partial charge is 0.139 e. The molecule has 0 aliphatic carbocycles. The first kappa shape index (κ1) is 11.4. The lowest BCUT2D eigenvalue weighted by Gasteiger charge is -2.15. The van der Waals surface area contributed by atoms with E-state index in [9.17, 15) is 0 Å². The number of aromatic nitrogens is 2. The van der Waals surface area contributed by atoms with E-state index in [0.717, 1.165) is 22.7 Å². The van der Waals surface area contributed by atoms with Crippen LogP contribution >= 0.6 is 0 Å². The molecule has 3 N–H and O–H groups in total. The lowest BCUT2D eigenvalue weighted by atomic mass is 10.1. The van der Waals surface area contributed by atoms with E-state index in [0.29, 0.717) is 5.82 Å². The van der Waals surface area contributed by atoms with Gasteiger partial charge in [-0.15, -0.1) is 0 Å². The largest absolute Gasteiger partial charge is 0.384 e. The van der Waals surface area contributed by atoms with Gasteiger partial charge >= 0.3 is 0 Å². The maximum atomic E-state index is 5.63. The maximum Gasteiger partial charge on any atom is 0.139 e. The molecule has 0 radical (unpaired) electrons. The van der Waals surface area contributed by atoms with Crippen molar-refractivity contribution in [3.8, 4) is 0 Å². The minimum atomic E-state index is 0.114. The number of nitrogen functional groups attached to an aromatic ring is 1. The number of nitrogens with one attached hydrogen (secondary N) is 1. The van der Waals surface area contributed by atoms with Crippen molar-refractivity contribution in [2.45, 2.75) is 26.8 Å². The second kappa shape index (κ2) is 4.45. The van der Waals surface area contributed by atoms with Crippen LogP contribution in [0.5, 0.6) is 0 Å². The van der Waals surface area contributed by atoms with Gasteiger partial charge in [-0.2, -0.15) is 0 Å². The average molecular weight is 232 g/mol. The average Bonchev–Trinajstić information content (AvgIpc) is 2.58. The second-order valence-electron chi connectivity index (χ2n) is 4.07. The zero-order valence-corrected chi connectivity index (χ0v) is 10.2. The summed E-state index contributed by atoms with van der Waals surface area (Å²) in [5.41, 5.74) is 8.56. The Labute approximate surface area is 100 Å². The predicted octanol–water partition coefficient (Wildman–Crippen LogP) is 2.44. The van der Waals surface area contributed by atoms with Crippen molar-refractivity contribution < 1.29 is 4.52 Å². The first-order chi connectivity index (χ1) is 8.08. The number of nitrogens with zero attached hydrogens (tertiary/aromatic N) is 2. The SMILES string of the molecule is Cc1noc(C)c1C(C)Nc1ccnc(N)c1. The van der Waals surface area contributed by atoms with E-state index in [4.69, 9.17) is 10.3 Å². The van der Waals surface area contributed by atoms with Crippen LogP contribution in [0.4, 0.5) is 11.5 Å². The number of anilines is 2. The van der Waals surface area contributed by atoms with Gasteiger partial charge in [-0.3, -0.25) is 0 Å². The highest BCUT2D eigenvalue weighted by molar-refractivity contribution is 5.51. The summed E-state index contributed by atoms with van der Waals surface area (Å²) in [6.45, 7) is 5.91. The van der Waals surface area contributed by atoms with Crippen LogP contribution in [0, 0.1) is 13.8 Å². The van der Waals surface area contributed by atoms with Gasteiger partial charge in [-0.25, -0.2) is 4.98 Å². The molecular formula is C12H16N4O. The van der Waals surface area contributed by atoms with Crippen LogP contribution in [0.15, 0.2) is 22.9 Å². The molecule has 90 valence electrons. The number of nitrogens with two attached hydrogens (primary N) is 1. The Morgan fingerprint density at radius 1 is 1.41 bits per heavy atom. The highest BCUT2D eigenvalue weighted by atomic mass is 16.5. The molecule has 0 fully saturated rings. The van der Waals surface area contributed by atoms with Crippen LogP contribution in [0.1, 0.15) is 30.0 Å². The van der Waals surface area contributed by atoms with Crippen molar-refractivity contribution in [1.82, 2.24) is 10.1 Å². The third kappa shape index (κ3) is 2.38. The van der Waals surface area contributed by atoms with Gasteiger partial charge in [0, 0.05) is 23.5 Å². The molecule has 0 spiro atoms.